The van der Waals surface area contributed by atoms with Crippen molar-refractivity contribution in [3.8, 4) is 23.0 Å². The van der Waals surface area contributed by atoms with Gasteiger partial charge in [0.1, 0.15) is 23.0 Å². The van der Waals surface area contributed by atoms with Crippen molar-refractivity contribution in [1.82, 2.24) is 0 Å². The molecule has 3 aromatic rings. The minimum atomic E-state index is -0.786. The second-order valence-electron chi connectivity index (χ2n) is 7.00. The molecule has 1 unspecified atom stereocenters. The Morgan fingerprint density at radius 2 is 1.27 bits per heavy atom. The number of rotatable bonds is 9. The maximum absolute atomic E-state index is 12.7. The van der Waals surface area contributed by atoms with E-state index >= 15 is 0 Å². The van der Waals surface area contributed by atoms with Gasteiger partial charge in [-0.3, -0.25) is 9.59 Å². The molecule has 3 rings (SSSR count). The number of methoxy groups -OCH3 is 3. The van der Waals surface area contributed by atoms with Crippen LogP contribution in [0.15, 0.2) is 66.7 Å². The fourth-order valence-corrected chi connectivity index (χ4v) is 3.02. The van der Waals surface area contributed by atoms with Gasteiger partial charge in [0.2, 0.25) is 0 Å². The standard InChI is InChI=1S/C25H26N2O6/c1-16(33-19-12-10-18(30-2)11-13-19)24(28)26-20-14-23(32-4)21(15-22(20)31-3)27-25(29)17-8-6-5-7-9-17/h5-16H,1-4H3,(H,26,28)(H,27,29). The number of carbonyl (C=O) groups is 2. The number of hydrogen-bond donors (Lipinski definition) is 2. The summed E-state index contributed by atoms with van der Waals surface area (Å²) in [6.07, 6.45) is -0.786. The van der Waals surface area contributed by atoms with Gasteiger partial charge < -0.3 is 29.6 Å². The van der Waals surface area contributed by atoms with E-state index in [2.05, 4.69) is 10.6 Å². The van der Waals surface area contributed by atoms with E-state index in [0.29, 0.717) is 39.9 Å². The fourth-order valence-electron chi connectivity index (χ4n) is 3.02. The Labute approximate surface area is 192 Å². The van der Waals surface area contributed by atoms with Gasteiger partial charge in [-0.2, -0.15) is 0 Å². The van der Waals surface area contributed by atoms with Crippen LogP contribution in [0.4, 0.5) is 11.4 Å². The number of anilines is 2. The van der Waals surface area contributed by atoms with E-state index in [9.17, 15) is 9.59 Å². The van der Waals surface area contributed by atoms with E-state index in [-0.39, 0.29) is 11.8 Å². The van der Waals surface area contributed by atoms with Crippen LogP contribution >= 0.6 is 0 Å². The van der Waals surface area contributed by atoms with Crippen LogP contribution in [-0.2, 0) is 4.79 Å². The number of carbonyl (C=O) groups excluding carboxylic acids is 2. The minimum absolute atomic E-state index is 0.297. The molecule has 0 bridgehead atoms. The van der Waals surface area contributed by atoms with Gasteiger partial charge >= 0.3 is 0 Å². The lowest BCUT2D eigenvalue weighted by atomic mass is 10.2. The maximum Gasteiger partial charge on any atom is 0.265 e. The first kappa shape index (κ1) is 23.5. The van der Waals surface area contributed by atoms with Crippen LogP contribution in [0.3, 0.4) is 0 Å². The average Bonchev–Trinajstić information content (AvgIpc) is 2.85. The molecule has 33 heavy (non-hydrogen) atoms. The summed E-state index contributed by atoms with van der Waals surface area (Å²) in [7, 11) is 4.52. The monoisotopic (exact) mass is 450 g/mol. The first-order chi connectivity index (χ1) is 15.9. The van der Waals surface area contributed by atoms with Crippen molar-refractivity contribution in [3.63, 3.8) is 0 Å². The van der Waals surface area contributed by atoms with Crippen LogP contribution < -0.4 is 29.6 Å². The lowest BCUT2D eigenvalue weighted by Gasteiger charge is -2.18. The van der Waals surface area contributed by atoms with E-state index in [4.69, 9.17) is 18.9 Å². The quantitative estimate of drug-likeness (QED) is 0.503. The Balaban J connectivity index is 1.75. The molecule has 8 nitrogen and oxygen atoms in total. The van der Waals surface area contributed by atoms with Crippen LogP contribution in [0.2, 0.25) is 0 Å². The highest BCUT2D eigenvalue weighted by Crippen LogP contribution is 2.37. The largest absolute Gasteiger partial charge is 0.497 e. The number of benzene rings is 3. The predicted molar refractivity (Wildman–Crippen MR) is 126 cm³/mol. The van der Waals surface area contributed by atoms with Gasteiger partial charge in [0.15, 0.2) is 6.10 Å². The molecule has 0 fully saturated rings. The van der Waals surface area contributed by atoms with Gasteiger partial charge in [0.05, 0.1) is 32.7 Å². The van der Waals surface area contributed by atoms with Crippen LogP contribution in [0.1, 0.15) is 17.3 Å². The predicted octanol–water partition coefficient (Wildman–Crippen LogP) is 4.37. The van der Waals surface area contributed by atoms with Gasteiger partial charge in [-0.1, -0.05) is 18.2 Å². The lowest BCUT2D eigenvalue weighted by molar-refractivity contribution is -0.122. The Morgan fingerprint density at radius 1 is 0.727 bits per heavy atom. The van der Waals surface area contributed by atoms with Crippen molar-refractivity contribution in [3.05, 3.63) is 72.3 Å². The molecular weight excluding hydrogens is 424 g/mol. The van der Waals surface area contributed by atoms with Gasteiger partial charge in [0, 0.05) is 17.7 Å². The van der Waals surface area contributed by atoms with E-state index < -0.39 is 6.10 Å². The zero-order valence-corrected chi connectivity index (χ0v) is 18.9. The molecule has 2 N–H and O–H groups in total. The molecule has 2 amide bonds. The molecule has 172 valence electrons. The minimum Gasteiger partial charge on any atom is -0.497 e. The van der Waals surface area contributed by atoms with Crippen molar-refractivity contribution < 1.29 is 28.5 Å². The first-order valence-electron chi connectivity index (χ1n) is 10.2. The summed E-state index contributed by atoms with van der Waals surface area (Å²) >= 11 is 0. The summed E-state index contributed by atoms with van der Waals surface area (Å²) < 4.78 is 21.7. The van der Waals surface area contributed by atoms with E-state index in [1.54, 1.807) is 74.7 Å². The van der Waals surface area contributed by atoms with Crippen LogP contribution in [0.5, 0.6) is 23.0 Å². The topological polar surface area (TPSA) is 95.1 Å². The van der Waals surface area contributed by atoms with Gasteiger partial charge in [-0.25, -0.2) is 0 Å². The molecule has 0 saturated heterocycles. The third-order valence-electron chi connectivity index (χ3n) is 4.81. The molecule has 0 aliphatic rings. The highest BCUT2D eigenvalue weighted by atomic mass is 16.5. The molecule has 1 atom stereocenters. The zero-order valence-electron chi connectivity index (χ0n) is 18.9. The van der Waals surface area contributed by atoms with E-state index in [1.165, 1.54) is 14.2 Å². The van der Waals surface area contributed by atoms with Crippen molar-refractivity contribution in [2.75, 3.05) is 32.0 Å². The van der Waals surface area contributed by atoms with Crippen molar-refractivity contribution in [1.29, 1.82) is 0 Å². The summed E-state index contributed by atoms with van der Waals surface area (Å²) in [5.41, 5.74) is 1.28. The van der Waals surface area contributed by atoms with Gasteiger partial charge in [-0.05, 0) is 43.3 Å². The molecule has 0 saturated carbocycles. The lowest BCUT2D eigenvalue weighted by Crippen LogP contribution is -2.30. The number of hydrogen-bond acceptors (Lipinski definition) is 6. The van der Waals surface area contributed by atoms with Crippen LogP contribution in [0, 0.1) is 0 Å². The van der Waals surface area contributed by atoms with Crippen LogP contribution in [0.25, 0.3) is 0 Å². The maximum atomic E-state index is 12.7. The molecule has 0 heterocycles. The second-order valence-corrected chi connectivity index (χ2v) is 7.00. The van der Waals surface area contributed by atoms with Crippen LogP contribution in [-0.4, -0.2) is 39.2 Å². The SMILES string of the molecule is COc1ccc(OC(C)C(=O)Nc2cc(OC)c(NC(=O)c3ccccc3)cc2OC)cc1. The highest BCUT2D eigenvalue weighted by molar-refractivity contribution is 6.05. The summed E-state index contributed by atoms with van der Waals surface area (Å²) in [5.74, 6) is 1.25. The molecule has 8 heteroatoms. The Hall–Kier alpha value is -4.20. The fraction of sp³-hybridized carbons (Fsp3) is 0.200. The number of ether oxygens (including phenoxy) is 4. The zero-order chi connectivity index (χ0) is 23.8. The van der Waals surface area contributed by atoms with Gasteiger partial charge in [-0.15, -0.1) is 0 Å². The van der Waals surface area contributed by atoms with E-state index in [1.807, 2.05) is 6.07 Å². The smallest absolute Gasteiger partial charge is 0.265 e. The number of nitrogens with one attached hydrogen (secondary N) is 2. The molecule has 0 radical (unpaired) electrons. The molecule has 0 aliphatic carbocycles. The summed E-state index contributed by atoms with van der Waals surface area (Å²) in [6.45, 7) is 1.64. The van der Waals surface area contributed by atoms with Crippen molar-refractivity contribution >= 4 is 23.2 Å². The second kappa shape index (κ2) is 10.9. The molecule has 3 aromatic carbocycles. The Morgan fingerprint density at radius 3 is 1.82 bits per heavy atom. The van der Waals surface area contributed by atoms with Gasteiger partial charge in [0.25, 0.3) is 11.8 Å². The summed E-state index contributed by atoms with van der Waals surface area (Å²) in [4.78, 5) is 25.3. The Bertz CT molecular complexity index is 1100. The normalized spacial score (nSPS) is 11.2. The average molecular weight is 450 g/mol. The Kier molecular flexibility index (Phi) is 7.75. The molecule has 0 aromatic heterocycles. The first-order valence-corrected chi connectivity index (χ1v) is 10.2. The number of amides is 2. The molecule has 0 spiro atoms. The molecular formula is C25H26N2O6. The van der Waals surface area contributed by atoms with Crippen molar-refractivity contribution in [2.24, 2.45) is 0 Å². The summed E-state index contributed by atoms with van der Waals surface area (Å²) in [5, 5.41) is 5.59. The third kappa shape index (κ3) is 5.94. The van der Waals surface area contributed by atoms with E-state index in [0.717, 1.165) is 0 Å². The highest BCUT2D eigenvalue weighted by Gasteiger charge is 2.20. The summed E-state index contributed by atoms with van der Waals surface area (Å²) in [6, 6.07) is 18.9. The third-order valence-corrected chi connectivity index (χ3v) is 4.81. The van der Waals surface area contributed by atoms with Crippen molar-refractivity contribution in [2.45, 2.75) is 13.0 Å². The molecule has 0 aliphatic heterocycles.